The molecular weight excluding hydrogens is 232 g/mol. The van der Waals surface area contributed by atoms with Crippen LogP contribution in [0.1, 0.15) is 15.6 Å². The highest BCUT2D eigenvalue weighted by molar-refractivity contribution is 7.17. The Morgan fingerprint density at radius 2 is 2.25 bits per heavy atom. The Morgan fingerprint density at radius 3 is 2.81 bits per heavy atom. The van der Waals surface area contributed by atoms with Crippen molar-refractivity contribution in [2.24, 2.45) is 0 Å². The van der Waals surface area contributed by atoms with Crippen molar-refractivity contribution in [3.8, 4) is 0 Å². The minimum absolute atomic E-state index is 0.0451. The van der Waals surface area contributed by atoms with Crippen LogP contribution in [0.15, 0.2) is 4.52 Å². The molecule has 16 heavy (non-hydrogen) atoms. The van der Waals surface area contributed by atoms with E-state index in [9.17, 15) is 4.79 Å². The van der Waals surface area contributed by atoms with Gasteiger partial charge in [0.25, 0.3) is 5.91 Å². The number of nitrogens with zero attached hydrogens (tertiary/aromatic N) is 4. The summed E-state index contributed by atoms with van der Waals surface area (Å²) in [5, 5.41) is 17.0. The van der Waals surface area contributed by atoms with E-state index in [0.717, 1.165) is 11.3 Å². The standard InChI is InChI=1S/C7H8N6O2S/c1-3-9-6(15-13-3)10-4(14)5-11-12-7(8-2)16-5/h1-2H3,(H,8,12)(H,9,10,13,14). The molecule has 0 saturated heterocycles. The van der Waals surface area contributed by atoms with Crippen molar-refractivity contribution in [3.63, 3.8) is 0 Å². The largest absolute Gasteiger partial charge is 0.363 e. The predicted octanol–water partition coefficient (Wildman–Crippen LogP) is 0.524. The lowest BCUT2D eigenvalue weighted by atomic mass is 10.6. The van der Waals surface area contributed by atoms with Gasteiger partial charge in [0.15, 0.2) is 5.82 Å². The summed E-state index contributed by atoms with van der Waals surface area (Å²) in [6.45, 7) is 1.66. The molecule has 8 nitrogen and oxygen atoms in total. The Balaban J connectivity index is 2.08. The molecule has 2 N–H and O–H groups in total. The third-order valence-electron chi connectivity index (χ3n) is 1.58. The van der Waals surface area contributed by atoms with Gasteiger partial charge in [-0.1, -0.05) is 16.5 Å². The number of nitrogens with one attached hydrogen (secondary N) is 2. The Hall–Kier alpha value is -2.03. The van der Waals surface area contributed by atoms with Crippen molar-refractivity contribution < 1.29 is 9.32 Å². The van der Waals surface area contributed by atoms with Gasteiger partial charge in [0, 0.05) is 7.05 Å². The molecule has 84 valence electrons. The van der Waals surface area contributed by atoms with Gasteiger partial charge in [-0.2, -0.15) is 4.98 Å². The average molecular weight is 240 g/mol. The molecule has 0 fully saturated rings. The number of amides is 1. The summed E-state index contributed by atoms with van der Waals surface area (Å²) in [7, 11) is 1.70. The first kappa shape index (κ1) is 10.5. The van der Waals surface area contributed by atoms with Crippen LogP contribution in [-0.2, 0) is 0 Å². The second kappa shape index (κ2) is 4.23. The average Bonchev–Trinajstić information content (AvgIpc) is 2.87. The maximum Gasteiger partial charge on any atom is 0.328 e. The fraction of sp³-hybridized carbons (Fsp3) is 0.286. The Labute approximate surface area is 94.1 Å². The summed E-state index contributed by atoms with van der Waals surface area (Å²) >= 11 is 1.13. The van der Waals surface area contributed by atoms with Gasteiger partial charge in [-0.3, -0.25) is 10.1 Å². The number of hydrogen-bond donors (Lipinski definition) is 2. The highest BCUT2D eigenvalue weighted by Gasteiger charge is 2.15. The van der Waals surface area contributed by atoms with Crippen molar-refractivity contribution in [2.45, 2.75) is 6.92 Å². The first-order chi connectivity index (χ1) is 7.69. The molecule has 0 atom stereocenters. The predicted molar refractivity (Wildman–Crippen MR) is 56.4 cm³/mol. The lowest BCUT2D eigenvalue weighted by Crippen LogP contribution is -2.11. The van der Waals surface area contributed by atoms with Gasteiger partial charge < -0.3 is 9.84 Å². The van der Waals surface area contributed by atoms with E-state index in [1.807, 2.05) is 0 Å². The third-order valence-corrected chi connectivity index (χ3v) is 2.52. The van der Waals surface area contributed by atoms with Gasteiger partial charge in [0.2, 0.25) is 10.1 Å². The Kier molecular flexibility index (Phi) is 2.77. The topological polar surface area (TPSA) is 106 Å². The molecule has 2 heterocycles. The van der Waals surface area contributed by atoms with Crippen LogP contribution < -0.4 is 10.6 Å². The molecule has 0 radical (unpaired) electrons. The molecule has 9 heteroatoms. The SMILES string of the molecule is CNc1nnc(C(=O)Nc2nc(C)no2)s1. The van der Waals surface area contributed by atoms with E-state index in [1.165, 1.54) is 0 Å². The van der Waals surface area contributed by atoms with E-state index in [0.29, 0.717) is 11.0 Å². The van der Waals surface area contributed by atoms with Crippen LogP contribution in [0, 0.1) is 6.92 Å². The van der Waals surface area contributed by atoms with E-state index in [2.05, 4.69) is 31.0 Å². The van der Waals surface area contributed by atoms with Crippen LogP contribution >= 0.6 is 11.3 Å². The van der Waals surface area contributed by atoms with E-state index in [4.69, 9.17) is 4.52 Å². The van der Waals surface area contributed by atoms with E-state index >= 15 is 0 Å². The van der Waals surface area contributed by atoms with Crippen LogP contribution in [0.25, 0.3) is 0 Å². The molecule has 2 aromatic rings. The molecule has 0 aliphatic rings. The van der Waals surface area contributed by atoms with Gasteiger partial charge in [-0.15, -0.1) is 10.2 Å². The molecule has 2 rings (SSSR count). The zero-order valence-corrected chi connectivity index (χ0v) is 9.33. The highest BCUT2D eigenvalue weighted by Crippen LogP contribution is 2.15. The fourth-order valence-electron chi connectivity index (χ4n) is 0.914. The van der Waals surface area contributed by atoms with Crippen molar-refractivity contribution in [2.75, 3.05) is 17.7 Å². The fourth-order valence-corrected chi connectivity index (χ4v) is 1.51. The molecule has 0 aromatic carbocycles. The van der Waals surface area contributed by atoms with Crippen LogP contribution in [0.5, 0.6) is 0 Å². The molecule has 0 aliphatic carbocycles. The van der Waals surface area contributed by atoms with E-state index in [-0.39, 0.29) is 11.0 Å². The molecular formula is C7H8N6O2S. The first-order valence-electron chi connectivity index (χ1n) is 4.32. The smallest absolute Gasteiger partial charge is 0.328 e. The van der Waals surface area contributed by atoms with Gasteiger partial charge in [-0.05, 0) is 6.92 Å². The van der Waals surface area contributed by atoms with Crippen LogP contribution in [-0.4, -0.2) is 33.3 Å². The van der Waals surface area contributed by atoms with Gasteiger partial charge in [0.05, 0.1) is 0 Å². The molecule has 0 unspecified atom stereocenters. The van der Waals surface area contributed by atoms with Crippen LogP contribution in [0.3, 0.4) is 0 Å². The number of carbonyl (C=O) groups is 1. The molecule has 0 aliphatic heterocycles. The van der Waals surface area contributed by atoms with Gasteiger partial charge >= 0.3 is 6.01 Å². The lowest BCUT2D eigenvalue weighted by Gasteiger charge is -1.93. The first-order valence-corrected chi connectivity index (χ1v) is 5.13. The summed E-state index contributed by atoms with van der Waals surface area (Å²) in [4.78, 5) is 15.4. The minimum Gasteiger partial charge on any atom is -0.363 e. The number of rotatable bonds is 3. The summed E-state index contributed by atoms with van der Waals surface area (Å²) in [5.41, 5.74) is 0. The number of hydrogen-bond acceptors (Lipinski definition) is 8. The summed E-state index contributed by atoms with van der Waals surface area (Å²) in [5.74, 6) is 0.0196. The van der Waals surface area contributed by atoms with E-state index in [1.54, 1.807) is 14.0 Å². The van der Waals surface area contributed by atoms with Gasteiger partial charge in [-0.25, -0.2) is 0 Å². The van der Waals surface area contributed by atoms with Crippen molar-refractivity contribution in [1.82, 2.24) is 20.3 Å². The number of aromatic nitrogens is 4. The third kappa shape index (κ3) is 2.14. The lowest BCUT2D eigenvalue weighted by molar-refractivity contribution is 0.102. The quantitative estimate of drug-likeness (QED) is 0.805. The molecule has 0 bridgehead atoms. The normalized spacial score (nSPS) is 10.1. The maximum absolute atomic E-state index is 11.6. The summed E-state index contributed by atoms with van der Waals surface area (Å²) in [6.07, 6.45) is 0. The Bertz CT molecular complexity index is 506. The van der Waals surface area contributed by atoms with Gasteiger partial charge in [0.1, 0.15) is 0 Å². The van der Waals surface area contributed by atoms with Crippen LogP contribution in [0.4, 0.5) is 11.1 Å². The molecule has 1 amide bonds. The second-order valence-corrected chi connectivity index (χ2v) is 3.74. The maximum atomic E-state index is 11.6. The highest BCUT2D eigenvalue weighted by atomic mass is 32.1. The second-order valence-electron chi connectivity index (χ2n) is 2.76. The minimum atomic E-state index is -0.428. The molecule has 2 aromatic heterocycles. The van der Waals surface area contributed by atoms with Crippen molar-refractivity contribution in [1.29, 1.82) is 0 Å². The van der Waals surface area contributed by atoms with Crippen molar-refractivity contribution >= 4 is 28.4 Å². The van der Waals surface area contributed by atoms with Crippen molar-refractivity contribution in [3.05, 3.63) is 10.8 Å². The Morgan fingerprint density at radius 1 is 1.44 bits per heavy atom. The summed E-state index contributed by atoms with van der Waals surface area (Å²) < 4.78 is 4.74. The number of anilines is 2. The number of carbonyl (C=O) groups excluding carboxylic acids is 1. The monoisotopic (exact) mass is 240 g/mol. The van der Waals surface area contributed by atoms with Crippen LogP contribution in [0.2, 0.25) is 0 Å². The molecule has 0 spiro atoms. The zero-order valence-electron chi connectivity index (χ0n) is 8.51. The zero-order chi connectivity index (χ0) is 11.5. The molecule has 0 saturated carbocycles. The number of aryl methyl sites for hydroxylation is 1. The van der Waals surface area contributed by atoms with E-state index < -0.39 is 5.91 Å². The summed E-state index contributed by atoms with van der Waals surface area (Å²) in [6, 6.07) is 0.0451.